The van der Waals surface area contributed by atoms with Crippen molar-refractivity contribution in [3.63, 3.8) is 0 Å². The Morgan fingerprint density at radius 2 is 1.69 bits per heavy atom. The van der Waals surface area contributed by atoms with E-state index in [-0.39, 0.29) is 22.8 Å². The third kappa shape index (κ3) is 4.46. The molecular formula is C20H20N6O4S2. The summed E-state index contributed by atoms with van der Waals surface area (Å²) >= 11 is 1.12. The highest BCUT2D eigenvalue weighted by Gasteiger charge is 2.22. The van der Waals surface area contributed by atoms with Crippen molar-refractivity contribution in [1.82, 2.24) is 29.6 Å². The second-order valence-corrected chi connectivity index (χ2v) is 9.54. The van der Waals surface area contributed by atoms with Crippen molar-refractivity contribution in [2.45, 2.75) is 12.1 Å². The summed E-state index contributed by atoms with van der Waals surface area (Å²) in [6.45, 7) is 1.80. The van der Waals surface area contributed by atoms with Gasteiger partial charge in [0.1, 0.15) is 5.75 Å². The third-order valence-corrected chi connectivity index (χ3v) is 7.04. The maximum Gasteiger partial charge on any atom is 0.310 e. The van der Waals surface area contributed by atoms with E-state index in [0.29, 0.717) is 22.2 Å². The Balaban J connectivity index is 1.54. The first kappa shape index (κ1) is 21.8. The van der Waals surface area contributed by atoms with E-state index in [2.05, 4.69) is 15.5 Å². The lowest BCUT2D eigenvalue weighted by molar-refractivity contribution is 0.488. The molecule has 2 aromatic carbocycles. The zero-order chi connectivity index (χ0) is 22.7. The fourth-order valence-corrected chi connectivity index (χ4v) is 5.27. The summed E-state index contributed by atoms with van der Waals surface area (Å²) in [4.78, 5) is 13.2. The van der Waals surface area contributed by atoms with Gasteiger partial charge in [-0.1, -0.05) is 48.2 Å². The summed E-state index contributed by atoms with van der Waals surface area (Å²) in [5.41, 5.74) is 1.38. The molecule has 0 spiro atoms. The fourth-order valence-electron chi connectivity index (χ4n) is 3.11. The summed E-state index contributed by atoms with van der Waals surface area (Å²) in [5.74, 6) is 0.152. The molecule has 4 rings (SSSR count). The van der Waals surface area contributed by atoms with Crippen LogP contribution in [-0.2, 0) is 17.2 Å². The Kier molecular flexibility index (Phi) is 6.15. The maximum atomic E-state index is 13.2. The molecule has 0 saturated heterocycles. The van der Waals surface area contributed by atoms with Crippen molar-refractivity contribution in [3.05, 3.63) is 76.7 Å². The van der Waals surface area contributed by atoms with Crippen LogP contribution in [0, 0.1) is 6.92 Å². The van der Waals surface area contributed by atoms with Gasteiger partial charge in [-0.2, -0.15) is 13.1 Å². The van der Waals surface area contributed by atoms with Crippen LogP contribution in [0.1, 0.15) is 5.69 Å². The van der Waals surface area contributed by atoms with E-state index >= 15 is 0 Å². The minimum Gasteiger partial charge on any atom is -0.382 e. The molecule has 0 radical (unpaired) electrons. The maximum absolute atomic E-state index is 13.2. The van der Waals surface area contributed by atoms with Crippen molar-refractivity contribution < 1.29 is 12.6 Å². The Morgan fingerprint density at radius 1 is 1.03 bits per heavy atom. The molecule has 2 aromatic heterocycles. The van der Waals surface area contributed by atoms with Gasteiger partial charge in [0.25, 0.3) is 5.56 Å². The lowest BCUT2D eigenvalue weighted by Crippen LogP contribution is -2.22. The smallest absolute Gasteiger partial charge is 0.310 e. The van der Waals surface area contributed by atoms with Crippen LogP contribution in [0.3, 0.4) is 0 Å². The monoisotopic (exact) mass is 472 g/mol. The van der Waals surface area contributed by atoms with Crippen LogP contribution in [0.2, 0.25) is 0 Å². The number of benzene rings is 2. The molecule has 0 aliphatic rings. The summed E-state index contributed by atoms with van der Waals surface area (Å²) in [5, 5.41) is 11.9. The molecule has 0 bridgehead atoms. The minimum atomic E-state index is -3.79. The summed E-state index contributed by atoms with van der Waals surface area (Å²) < 4.78 is 34.2. The van der Waals surface area contributed by atoms with Gasteiger partial charge in [0.05, 0.1) is 17.1 Å². The van der Waals surface area contributed by atoms with Crippen molar-refractivity contribution in [3.8, 4) is 17.1 Å². The topological polar surface area (TPSA) is 114 Å². The van der Waals surface area contributed by atoms with Gasteiger partial charge in [-0.05, 0) is 41.6 Å². The van der Waals surface area contributed by atoms with Crippen LogP contribution >= 0.6 is 11.8 Å². The molecule has 0 atom stereocenters. The first-order valence-electron chi connectivity index (χ1n) is 9.60. The van der Waals surface area contributed by atoms with Gasteiger partial charge >= 0.3 is 10.1 Å². The van der Waals surface area contributed by atoms with E-state index in [0.717, 1.165) is 11.8 Å². The average molecular weight is 473 g/mol. The van der Waals surface area contributed by atoms with Crippen molar-refractivity contribution in [2.75, 3.05) is 11.5 Å². The zero-order valence-corrected chi connectivity index (χ0v) is 19.0. The second-order valence-electron chi connectivity index (χ2n) is 6.79. The summed E-state index contributed by atoms with van der Waals surface area (Å²) in [6.07, 6.45) is 0. The molecule has 12 heteroatoms. The molecule has 0 saturated carbocycles. The molecule has 0 fully saturated rings. The van der Waals surface area contributed by atoms with Crippen molar-refractivity contribution in [2.24, 2.45) is 7.05 Å². The average Bonchev–Trinajstić information content (AvgIpc) is 3.31. The van der Waals surface area contributed by atoms with E-state index in [4.69, 9.17) is 4.18 Å². The molecule has 0 amide bonds. The third-order valence-electron chi connectivity index (χ3n) is 4.71. The Morgan fingerprint density at radius 3 is 2.38 bits per heavy atom. The molecule has 4 aromatic rings. The number of nitrogens with zero attached hydrogens (tertiary/aromatic N) is 6. The predicted molar refractivity (Wildman–Crippen MR) is 120 cm³/mol. The largest absolute Gasteiger partial charge is 0.382 e. The molecule has 10 nitrogen and oxygen atoms in total. The van der Waals surface area contributed by atoms with Crippen LogP contribution in [0.15, 0.2) is 70.6 Å². The van der Waals surface area contributed by atoms with Crippen molar-refractivity contribution >= 4 is 21.9 Å². The van der Waals surface area contributed by atoms with E-state index in [1.807, 2.05) is 30.3 Å². The molecule has 0 aliphatic heterocycles. The molecule has 166 valence electrons. The lowest BCUT2D eigenvalue weighted by Gasteiger charge is -2.07. The SMILES string of the molecule is Cc1c(-n2nnnc2SCCS(=O)(=O)Oc2ccccc2)c(=O)n(-c2ccccc2)n1C. The van der Waals surface area contributed by atoms with Crippen LogP contribution in [0.25, 0.3) is 11.4 Å². The second kappa shape index (κ2) is 9.01. The van der Waals surface area contributed by atoms with Crippen LogP contribution in [-0.4, -0.2) is 49.5 Å². The Bertz CT molecular complexity index is 1380. The number of aromatic nitrogens is 6. The molecule has 0 N–H and O–H groups in total. The molecule has 0 aliphatic carbocycles. The summed E-state index contributed by atoms with van der Waals surface area (Å²) in [6, 6.07) is 17.5. The van der Waals surface area contributed by atoms with E-state index in [1.54, 1.807) is 49.0 Å². The number of rotatable bonds is 8. The van der Waals surface area contributed by atoms with Gasteiger partial charge in [-0.15, -0.1) is 5.10 Å². The predicted octanol–water partition coefficient (Wildman–Crippen LogP) is 1.96. The van der Waals surface area contributed by atoms with E-state index in [1.165, 1.54) is 9.36 Å². The van der Waals surface area contributed by atoms with E-state index in [9.17, 15) is 13.2 Å². The molecule has 0 unspecified atom stereocenters. The van der Waals surface area contributed by atoms with Crippen LogP contribution < -0.4 is 9.74 Å². The lowest BCUT2D eigenvalue weighted by atomic mass is 10.3. The quantitative estimate of drug-likeness (QED) is 0.282. The highest BCUT2D eigenvalue weighted by molar-refractivity contribution is 8.00. The van der Waals surface area contributed by atoms with Gasteiger partial charge in [0, 0.05) is 12.8 Å². The van der Waals surface area contributed by atoms with E-state index < -0.39 is 10.1 Å². The van der Waals surface area contributed by atoms with Gasteiger partial charge in [-0.3, -0.25) is 9.48 Å². The fraction of sp³-hybridized carbons (Fsp3) is 0.200. The molecule has 2 heterocycles. The Labute approximate surface area is 188 Å². The molecular weight excluding hydrogens is 452 g/mol. The minimum absolute atomic E-state index is 0.147. The van der Waals surface area contributed by atoms with Crippen molar-refractivity contribution in [1.29, 1.82) is 0 Å². The van der Waals surface area contributed by atoms with Crippen LogP contribution in [0.5, 0.6) is 5.75 Å². The Hall–Kier alpha value is -3.38. The molecule has 32 heavy (non-hydrogen) atoms. The van der Waals surface area contributed by atoms with Gasteiger partial charge in [-0.25, -0.2) is 4.68 Å². The first-order valence-corrected chi connectivity index (χ1v) is 12.2. The standard InChI is InChI=1S/C20H20N6O4S2/c1-15-18(19(27)26(24(15)2)16-9-5-3-6-10-16)25-20(21-22-23-25)31-13-14-32(28,29)30-17-11-7-4-8-12-17/h3-12H,13-14H2,1-2H3. The summed E-state index contributed by atoms with van der Waals surface area (Å²) in [7, 11) is -2.01. The van der Waals surface area contributed by atoms with Crippen LogP contribution in [0.4, 0.5) is 0 Å². The zero-order valence-electron chi connectivity index (χ0n) is 17.3. The number of hydrogen-bond donors (Lipinski definition) is 0. The highest BCUT2D eigenvalue weighted by atomic mass is 32.2. The number of thioether (sulfide) groups is 1. The van der Waals surface area contributed by atoms with Gasteiger partial charge < -0.3 is 4.18 Å². The number of para-hydroxylation sites is 2. The van der Waals surface area contributed by atoms with Gasteiger partial charge in [0.15, 0.2) is 5.69 Å². The van der Waals surface area contributed by atoms with Gasteiger partial charge in [0.2, 0.25) is 5.16 Å². The first-order chi connectivity index (χ1) is 15.4. The number of tetrazole rings is 1. The highest BCUT2D eigenvalue weighted by Crippen LogP contribution is 2.21. The normalized spacial score (nSPS) is 11.6. The number of hydrogen-bond acceptors (Lipinski definition) is 8.